The molecule has 26 heavy (non-hydrogen) atoms. The SMILES string of the molecule is Cc1c(C)n(C)c2ccc3nc4c(ccc5c4c(C)c(C)n5C)nc3c12. The van der Waals surface area contributed by atoms with Crippen molar-refractivity contribution in [1.82, 2.24) is 19.1 Å². The fraction of sp³-hybridized carbons (Fsp3) is 0.273. The number of aryl methyl sites for hydroxylation is 4. The molecule has 3 aromatic heterocycles. The predicted molar refractivity (Wildman–Crippen MR) is 109 cm³/mol. The van der Waals surface area contributed by atoms with Crippen LogP contribution in [0.1, 0.15) is 22.5 Å². The highest BCUT2D eigenvalue weighted by Gasteiger charge is 2.17. The molecule has 4 nitrogen and oxygen atoms in total. The Morgan fingerprint density at radius 2 is 1.00 bits per heavy atom. The van der Waals surface area contributed by atoms with Crippen molar-refractivity contribution in [3.63, 3.8) is 0 Å². The van der Waals surface area contributed by atoms with E-state index in [1.807, 2.05) is 0 Å². The second-order valence-electron chi connectivity index (χ2n) is 7.42. The topological polar surface area (TPSA) is 35.6 Å². The predicted octanol–water partition coefficient (Wildman–Crippen LogP) is 5.00. The van der Waals surface area contributed by atoms with Crippen molar-refractivity contribution in [2.45, 2.75) is 27.7 Å². The van der Waals surface area contributed by atoms with Gasteiger partial charge in [-0.25, -0.2) is 9.97 Å². The van der Waals surface area contributed by atoms with Gasteiger partial charge in [0.25, 0.3) is 0 Å². The molecule has 0 bridgehead atoms. The second kappa shape index (κ2) is 4.85. The van der Waals surface area contributed by atoms with Crippen molar-refractivity contribution in [2.75, 3.05) is 0 Å². The third-order valence-corrected chi connectivity index (χ3v) is 6.30. The Kier molecular flexibility index (Phi) is 2.87. The number of benzene rings is 2. The molecule has 0 atom stereocenters. The molecule has 0 spiro atoms. The minimum absolute atomic E-state index is 0.965. The van der Waals surface area contributed by atoms with Crippen LogP contribution < -0.4 is 0 Å². The van der Waals surface area contributed by atoms with Crippen LogP contribution in [-0.4, -0.2) is 19.1 Å². The van der Waals surface area contributed by atoms with Crippen molar-refractivity contribution < 1.29 is 0 Å². The van der Waals surface area contributed by atoms with Crippen LogP contribution >= 0.6 is 0 Å². The second-order valence-corrected chi connectivity index (χ2v) is 7.42. The van der Waals surface area contributed by atoms with E-state index in [1.54, 1.807) is 0 Å². The summed E-state index contributed by atoms with van der Waals surface area (Å²) in [5.74, 6) is 0. The zero-order chi connectivity index (χ0) is 18.3. The average molecular weight is 342 g/mol. The summed E-state index contributed by atoms with van der Waals surface area (Å²) in [5, 5.41) is 2.44. The van der Waals surface area contributed by atoms with Gasteiger partial charge in [-0.1, -0.05) is 0 Å². The maximum absolute atomic E-state index is 5.07. The normalized spacial score (nSPS) is 12.2. The molecule has 5 rings (SSSR count). The first kappa shape index (κ1) is 15.4. The summed E-state index contributed by atoms with van der Waals surface area (Å²) in [6, 6.07) is 8.54. The lowest BCUT2D eigenvalue weighted by Crippen LogP contribution is -1.92. The van der Waals surface area contributed by atoms with E-state index in [-0.39, 0.29) is 0 Å². The van der Waals surface area contributed by atoms with E-state index in [1.165, 1.54) is 44.3 Å². The highest BCUT2D eigenvalue weighted by molar-refractivity contribution is 6.12. The van der Waals surface area contributed by atoms with E-state index in [2.05, 4.69) is 75.2 Å². The molecule has 0 fully saturated rings. The van der Waals surface area contributed by atoms with Crippen molar-refractivity contribution >= 4 is 43.9 Å². The summed E-state index contributed by atoms with van der Waals surface area (Å²) in [7, 11) is 4.23. The van der Waals surface area contributed by atoms with Crippen LogP contribution in [0, 0.1) is 27.7 Å². The Morgan fingerprint density at radius 1 is 0.615 bits per heavy atom. The van der Waals surface area contributed by atoms with Crippen LogP contribution in [-0.2, 0) is 14.1 Å². The standard InChI is InChI=1S/C22H22N4/c1-11-13(3)25(5)17-9-7-15-21(19(11)17)23-16-8-10-18-20(22(16)24-15)12(2)14(4)26(18)6/h7-10H,1-6H3. The van der Waals surface area contributed by atoms with E-state index in [4.69, 9.17) is 9.97 Å². The number of rotatable bonds is 0. The number of aromatic nitrogens is 4. The Bertz CT molecular complexity index is 1270. The van der Waals surface area contributed by atoms with Gasteiger partial charge in [-0.05, 0) is 63.1 Å². The highest BCUT2D eigenvalue weighted by Crippen LogP contribution is 2.34. The summed E-state index contributed by atoms with van der Waals surface area (Å²) < 4.78 is 4.48. The van der Waals surface area contributed by atoms with Gasteiger partial charge in [0.15, 0.2) is 0 Å². The fourth-order valence-electron chi connectivity index (χ4n) is 4.31. The third kappa shape index (κ3) is 1.69. The molecule has 4 heteroatoms. The van der Waals surface area contributed by atoms with E-state index in [0.29, 0.717) is 0 Å². The first-order chi connectivity index (χ1) is 12.4. The minimum atomic E-state index is 0.965. The third-order valence-electron chi connectivity index (χ3n) is 6.30. The van der Waals surface area contributed by atoms with Crippen molar-refractivity contribution in [3.8, 4) is 0 Å². The first-order valence-corrected chi connectivity index (χ1v) is 9.00. The molecule has 0 N–H and O–H groups in total. The summed E-state index contributed by atoms with van der Waals surface area (Å²) in [6.07, 6.45) is 0. The summed E-state index contributed by atoms with van der Waals surface area (Å²) in [5.41, 5.74) is 11.5. The van der Waals surface area contributed by atoms with E-state index in [0.717, 1.165) is 22.1 Å². The number of fused-ring (bicyclic) bond motifs is 6. The Balaban J connectivity index is 2.02. The van der Waals surface area contributed by atoms with Gasteiger partial charge >= 0.3 is 0 Å². The summed E-state index contributed by atoms with van der Waals surface area (Å²) >= 11 is 0. The average Bonchev–Trinajstić information content (AvgIpc) is 3.01. The molecule has 2 aromatic carbocycles. The Morgan fingerprint density at radius 3 is 1.38 bits per heavy atom. The van der Waals surface area contributed by atoms with Crippen LogP contribution in [0.2, 0.25) is 0 Å². The molecule has 5 aromatic rings. The lowest BCUT2D eigenvalue weighted by atomic mass is 10.1. The molecular weight excluding hydrogens is 320 g/mol. The molecule has 0 amide bonds. The number of nitrogens with zero attached hydrogens (tertiary/aromatic N) is 4. The molecule has 0 aliphatic carbocycles. The zero-order valence-electron chi connectivity index (χ0n) is 16.1. The van der Waals surface area contributed by atoms with Gasteiger partial charge in [-0.2, -0.15) is 0 Å². The molecule has 3 heterocycles. The molecular formula is C22H22N4. The highest BCUT2D eigenvalue weighted by atomic mass is 15.0. The molecule has 0 aliphatic heterocycles. The number of hydrogen-bond acceptors (Lipinski definition) is 2. The van der Waals surface area contributed by atoms with E-state index >= 15 is 0 Å². The maximum atomic E-state index is 5.07. The van der Waals surface area contributed by atoms with Gasteiger partial charge in [0.1, 0.15) is 0 Å². The van der Waals surface area contributed by atoms with E-state index < -0.39 is 0 Å². The van der Waals surface area contributed by atoms with Gasteiger partial charge in [-0.15, -0.1) is 0 Å². The van der Waals surface area contributed by atoms with Gasteiger partial charge in [0.2, 0.25) is 0 Å². The van der Waals surface area contributed by atoms with Crippen LogP contribution in [0.15, 0.2) is 24.3 Å². The zero-order valence-corrected chi connectivity index (χ0v) is 16.1. The minimum Gasteiger partial charge on any atom is -0.348 e. The first-order valence-electron chi connectivity index (χ1n) is 9.00. The van der Waals surface area contributed by atoms with Crippen LogP contribution in [0.3, 0.4) is 0 Å². The Labute approximate surface area is 152 Å². The molecule has 0 aliphatic rings. The van der Waals surface area contributed by atoms with Gasteiger partial charge in [0.05, 0.1) is 33.1 Å². The molecule has 0 radical (unpaired) electrons. The molecule has 130 valence electrons. The lowest BCUT2D eigenvalue weighted by Gasteiger charge is -2.06. The smallest absolute Gasteiger partial charge is 0.0991 e. The lowest BCUT2D eigenvalue weighted by molar-refractivity contribution is 0.910. The van der Waals surface area contributed by atoms with Crippen molar-refractivity contribution in [2.24, 2.45) is 14.1 Å². The van der Waals surface area contributed by atoms with Crippen LogP contribution in [0.25, 0.3) is 43.9 Å². The monoisotopic (exact) mass is 342 g/mol. The quantitative estimate of drug-likeness (QED) is 0.371. The van der Waals surface area contributed by atoms with Crippen molar-refractivity contribution in [3.05, 3.63) is 46.8 Å². The maximum Gasteiger partial charge on any atom is 0.0991 e. The molecule has 0 unspecified atom stereocenters. The van der Waals surface area contributed by atoms with Gasteiger partial charge < -0.3 is 9.13 Å². The van der Waals surface area contributed by atoms with Crippen LogP contribution in [0.5, 0.6) is 0 Å². The largest absolute Gasteiger partial charge is 0.348 e. The van der Waals surface area contributed by atoms with Gasteiger partial charge in [0, 0.05) is 36.3 Å². The molecule has 0 saturated heterocycles. The molecule has 0 saturated carbocycles. The fourth-order valence-corrected chi connectivity index (χ4v) is 4.31. The Hall–Kier alpha value is -2.88. The number of hydrogen-bond donors (Lipinski definition) is 0. The summed E-state index contributed by atoms with van der Waals surface area (Å²) in [4.78, 5) is 10.1. The summed E-state index contributed by atoms with van der Waals surface area (Å²) in [6.45, 7) is 8.68. The van der Waals surface area contributed by atoms with Crippen molar-refractivity contribution in [1.29, 1.82) is 0 Å². The van der Waals surface area contributed by atoms with Crippen LogP contribution in [0.4, 0.5) is 0 Å². The van der Waals surface area contributed by atoms with Gasteiger partial charge in [-0.3, -0.25) is 0 Å². The van der Waals surface area contributed by atoms with E-state index in [9.17, 15) is 0 Å².